The van der Waals surface area contributed by atoms with Gasteiger partial charge in [0, 0.05) is 18.0 Å². The highest BCUT2D eigenvalue weighted by Crippen LogP contribution is 2.26. The summed E-state index contributed by atoms with van der Waals surface area (Å²) in [6.07, 6.45) is 4.28. The number of fused-ring (bicyclic) bond motifs is 1. The number of benzene rings is 2. The number of carbonyl (C=O) groups is 1. The van der Waals surface area contributed by atoms with Gasteiger partial charge in [-0.05, 0) is 41.3 Å². The van der Waals surface area contributed by atoms with E-state index in [2.05, 4.69) is 28.3 Å². The van der Waals surface area contributed by atoms with Gasteiger partial charge in [0.25, 0.3) is 0 Å². The molecular weight excluding hydrogens is 326 g/mol. The molecule has 5 heteroatoms. The number of rotatable bonds is 5. The van der Waals surface area contributed by atoms with Gasteiger partial charge in [-0.1, -0.05) is 42.5 Å². The zero-order chi connectivity index (χ0) is 17.9. The van der Waals surface area contributed by atoms with Crippen molar-refractivity contribution in [2.75, 3.05) is 0 Å². The second kappa shape index (κ2) is 6.80. The number of aliphatic carboxylic acids is 1. The van der Waals surface area contributed by atoms with Crippen LogP contribution in [0.2, 0.25) is 0 Å². The fraction of sp³-hybridized carbons (Fsp3) is 0.0952. The van der Waals surface area contributed by atoms with E-state index in [4.69, 9.17) is 5.11 Å². The number of aryl methyl sites for hydroxylation is 1. The lowest BCUT2D eigenvalue weighted by atomic mass is 10.0. The zero-order valence-electron chi connectivity index (χ0n) is 14.0. The molecule has 0 aliphatic carbocycles. The van der Waals surface area contributed by atoms with Crippen LogP contribution in [0.3, 0.4) is 0 Å². The van der Waals surface area contributed by atoms with E-state index in [1.165, 1.54) is 0 Å². The maximum Gasteiger partial charge on any atom is 0.303 e. The predicted molar refractivity (Wildman–Crippen MR) is 100 cm³/mol. The molecule has 4 aromatic rings. The predicted octanol–water partition coefficient (Wildman–Crippen LogP) is 4.10. The summed E-state index contributed by atoms with van der Waals surface area (Å²) >= 11 is 0. The first-order valence-corrected chi connectivity index (χ1v) is 8.41. The minimum Gasteiger partial charge on any atom is -0.481 e. The lowest BCUT2D eigenvalue weighted by Gasteiger charge is -2.06. The number of aromatic nitrogens is 3. The van der Waals surface area contributed by atoms with Gasteiger partial charge in [-0.3, -0.25) is 4.79 Å². The molecule has 0 atom stereocenters. The van der Waals surface area contributed by atoms with Gasteiger partial charge in [0.1, 0.15) is 0 Å². The molecule has 5 nitrogen and oxygen atoms in total. The highest BCUT2D eigenvalue weighted by Gasteiger charge is 2.08. The van der Waals surface area contributed by atoms with Crippen molar-refractivity contribution in [3.8, 4) is 16.9 Å². The third-order valence-electron chi connectivity index (χ3n) is 4.35. The van der Waals surface area contributed by atoms with Crippen LogP contribution in [-0.4, -0.2) is 25.8 Å². The van der Waals surface area contributed by atoms with Crippen LogP contribution in [0.15, 0.2) is 73.1 Å². The Hall–Kier alpha value is -3.47. The molecular formula is C21H17N3O2. The number of hydrogen-bond donors (Lipinski definition) is 1. The Bertz CT molecular complexity index is 1050. The third-order valence-corrected chi connectivity index (χ3v) is 4.35. The Morgan fingerprint density at radius 1 is 1.00 bits per heavy atom. The van der Waals surface area contributed by atoms with Gasteiger partial charge in [0.05, 0.1) is 11.7 Å². The van der Waals surface area contributed by atoms with Crippen LogP contribution in [0, 0.1) is 0 Å². The van der Waals surface area contributed by atoms with Crippen LogP contribution >= 0.6 is 0 Å². The normalized spacial score (nSPS) is 10.9. The highest BCUT2D eigenvalue weighted by atomic mass is 16.4. The fourth-order valence-electron chi connectivity index (χ4n) is 2.97. The SMILES string of the molecule is O=C(O)CCc1ccc(-c2ccc3cnn(-c4ccccn4)c3c2)cc1. The molecule has 2 heterocycles. The molecule has 0 bridgehead atoms. The van der Waals surface area contributed by atoms with E-state index in [0.29, 0.717) is 6.42 Å². The molecule has 2 aromatic heterocycles. The van der Waals surface area contributed by atoms with E-state index in [9.17, 15) is 4.79 Å². The van der Waals surface area contributed by atoms with E-state index in [0.717, 1.165) is 33.4 Å². The molecule has 4 rings (SSSR count). The van der Waals surface area contributed by atoms with Crippen LogP contribution in [0.4, 0.5) is 0 Å². The van der Waals surface area contributed by atoms with E-state index in [1.807, 2.05) is 53.3 Å². The van der Waals surface area contributed by atoms with E-state index in [1.54, 1.807) is 6.20 Å². The Labute approximate surface area is 150 Å². The van der Waals surface area contributed by atoms with E-state index < -0.39 is 5.97 Å². The summed E-state index contributed by atoms with van der Waals surface area (Å²) < 4.78 is 1.83. The lowest BCUT2D eigenvalue weighted by molar-refractivity contribution is -0.136. The molecule has 128 valence electrons. The molecule has 0 amide bonds. The summed E-state index contributed by atoms with van der Waals surface area (Å²) in [5.41, 5.74) is 4.19. The minimum atomic E-state index is -0.776. The Kier molecular flexibility index (Phi) is 4.19. The third kappa shape index (κ3) is 3.19. The van der Waals surface area contributed by atoms with Gasteiger partial charge in [-0.15, -0.1) is 0 Å². The van der Waals surface area contributed by atoms with Crippen molar-refractivity contribution in [3.05, 3.63) is 78.6 Å². The summed E-state index contributed by atoms with van der Waals surface area (Å²) in [5.74, 6) is 0.00554. The molecule has 0 radical (unpaired) electrons. The van der Waals surface area contributed by atoms with Gasteiger partial charge >= 0.3 is 5.97 Å². The van der Waals surface area contributed by atoms with Crippen LogP contribution in [0.25, 0.3) is 27.8 Å². The number of nitrogens with zero attached hydrogens (tertiary/aromatic N) is 3. The van der Waals surface area contributed by atoms with Crippen molar-refractivity contribution in [2.45, 2.75) is 12.8 Å². The van der Waals surface area contributed by atoms with Crippen molar-refractivity contribution in [1.82, 2.24) is 14.8 Å². The van der Waals surface area contributed by atoms with E-state index >= 15 is 0 Å². The molecule has 0 spiro atoms. The monoisotopic (exact) mass is 343 g/mol. The summed E-state index contributed by atoms with van der Waals surface area (Å²) in [4.78, 5) is 15.1. The second-order valence-electron chi connectivity index (χ2n) is 6.11. The number of carboxylic acid groups (broad SMARTS) is 1. The van der Waals surface area contributed by atoms with Crippen molar-refractivity contribution in [3.63, 3.8) is 0 Å². The van der Waals surface area contributed by atoms with E-state index in [-0.39, 0.29) is 6.42 Å². The maximum absolute atomic E-state index is 10.7. The Morgan fingerprint density at radius 2 is 1.81 bits per heavy atom. The number of hydrogen-bond acceptors (Lipinski definition) is 3. The zero-order valence-corrected chi connectivity index (χ0v) is 14.0. The number of pyridine rings is 1. The molecule has 0 saturated carbocycles. The van der Waals surface area contributed by atoms with Gasteiger partial charge in [-0.25, -0.2) is 9.67 Å². The lowest BCUT2D eigenvalue weighted by Crippen LogP contribution is -1.98. The van der Waals surface area contributed by atoms with Crippen LogP contribution in [0.1, 0.15) is 12.0 Å². The van der Waals surface area contributed by atoms with Crippen LogP contribution in [0.5, 0.6) is 0 Å². The molecule has 0 aliphatic heterocycles. The van der Waals surface area contributed by atoms with Crippen molar-refractivity contribution >= 4 is 16.9 Å². The molecule has 0 unspecified atom stereocenters. The topological polar surface area (TPSA) is 68.0 Å². The summed E-state index contributed by atoms with van der Waals surface area (Å²) in [5, 5.41) is 14.3. The molecule has 0 aliphatic rings. The Balaban J connectivity index is 1.68. The molecule has 1 N–H and O–H groups in total. The van der Waals surface area contributed by atoms with Crippen molar-refractivity contribution in [2.24, 2.45) is 0 Å². The summed E-state index contributed by atoms with van der Waals surface area (Å²) in [6, 6.07) is 20.0. The quantitative estimate of drug-likeness (QED) is 0.592. The van der Waals surface area contributed by atoms with Crippen LogP contribution in [-0.2, 0) is 11.2 Å². The summed E-state index contributed by atoms with van der Waals surface area (Å²) in [6.45, 7) is 0. The average Bonchev–Trinajstić information content (AvgIpc) is 3.10. The molecule has 26 heavy (non-hydrogen) atoms. The maximum atomic E-state index is 10.7. The molecule has 0 saturated heterocycles. The van der Waals surface area contributed by atoms with Crippen molar-refractivity contribution in [1.29, 1.82) is 0 Å². The standard InChI is InChI=1S/C21H17N3O2/c25-21(26)11-6-15-4-7-16(8-5-15)17-9-10-18-14-23-24(19(18)13-17)20-3-1-2-12-22-20/h1-5,7-10,12-14H,6,11H2,(H,25,26). The first kappa shape index (κ1) is 16.0. The van der Waals surface area contributed by atoms with Crippen molar-refractivity contribution < 1.29 is 9.90 Å². The van der Waals surface area contributed by atoms with Gasteiger partial charge in [-0.2, -0.15) is 5.10 Å². The Morgan fingerprint density at radius 3 is 2.54 bits per heavy atom. The summed E-state index contributed by atoms with van der Waals surface area (Å²) in [7, 11) is 0. The second-order valence-corrected chi connectivity index (χ2v) is 6.11. The largest absolute Gasteiger partial charge is 0.481 e. The average molecular weight is 343 g/mol. The smallest absolute Gasteiger partial charge is 0.303 e. The van der Waals surface area contributed by atoms with Gasteiger partial charge < -0.3 is 5.11 Å². The first-order chi connectivity index (χ1) is 12.7. The van der Waals surface area contributed by atoms with Crippen LogP contribution < -0.4 is 0 Å². The van der Waals surface area contributed by atoms with Gasteiger partial charge in [0.15, 0.2) is 5.82 Å². The molecule has 2 aromatic carbocycles. The first-order valence-electron chi connectivity index (χ1n) is 8.41. The fourth-order valence-corrected chi connectivity index (χ4v) is 2.97. The minimum absolute atomic E-state index is 0.147. The highest BCUT2D eigenvalue weighted by molar-refractivity contribution is 5.85. The van der Waals surface area contributed by atoms with Gasteiger partial charge in [0.2, 0.25) is 0 Å². The molecule has 0 fully saturated rings. The number of carboxylic acids is 1.